The third-order valence-electron chi connectivity index (χ3n) is 4.21. The molecule has 126 valence electrons. The summed E-state index contributed by atoms with van der Waals surface area (Å²) in [5, 5.41) is 2.97. The molecule has 5 nitrogen and oxygen atoms in total. The maximum atomic E-state index is 6.06. The van der Waals surface area contributed by atoms with Gasteiger partial charge >= 0.3 is 0 Å². The van der Waals surface area contributed by atoms with Gasteiger partial charge in [-0.2, -0.15) is 4.37 Å². The molecule has 0 unspecified atom stereocenters. The van der Waals surface area contributed by atoms with Gasteiger partial charge in [0.25, 0.3) is 0 Å². The van der Waals surface area contributed by atoms with Crippen LogP contribution in [-0.2, 0) is 11.3 Å². The monoisotopic (exact) mass is 380 g/mol. The minimum Gasteiger partial charge on any atom is -0.377 e. The Morgan fingerprint density at radius 2 is 2.12 bits per heavy atom. The average molecular weight is 381 g/mol. The van der Waals surface area contributed by atoms with Gasteiger partial charge in [0.05, 0.1) is 15.2 Å². The number of piperidine rings is 1. The van der Waals surface area contributed by atoms with E-state index in [0.29, 0.717) is 12.5 Å². The summed E-state index contributed by atoms with van der Waals surface area (Å²) in [5.41, 5.74) is 1.01. The third-order valence-corrected chi connectivity index (χ3v) is 6.46. The molecule has 0 spiro atoms. The average Bonchev–Trinajstić information content (AvgIpc) is 3.22. The van der Waals surface area contributed by atoms with Crippen LogP contribution in [0.5, 0.6) is 0 Å². The van der Waals surface area contributed by atoms with E-state index in [1.165, 1.54) is 21.2 Å². The van der Waals surface area contributed by atoms with Crippen molar-refractivity contribution in [2.24, 2.45) is 0 Å². The van der Waals surface area contributed by atoms with Crippen molar-refractivity contribution in [2.75, 3.05) is 25.1 Å². The zero-order valence-electron chi connectivity index (χ0n) is 13.2. The van der Waals surface area contributed by atoms with Gasteiger partial charge in [-0.15, -0.1) is 11.3 Å². The number of ether oxygens (including phenoxy) is 1. The van der Waals surface area contributed by atoms with Crippen LogP contribution in [0.15, 0.2) is 18.2 Å². The Labute approximate surface area is 153 Å². The lowest BCUT2D eigenvalue weighted by molar-refractivity contribution is 0.179. The predicted octanol–water partition coefficient (Wildman–Crippen LogP) is 4.33. The molecule has 1 aliphatic heterocycles. The number of nitrogens with zero attached hydrogens (tertiary/aromatic N) is 4. The van der Waals surface area contributed by atoms with E-state index in [1.807, 2.05) is 12.1 Å². The number of hydrogen-bond donors (Lipinski definition) is 0. The van der Waals surface area contributed by atoms with Crippen LogP contribution in [0.3, 0.4) is 0 Å². The number of methoxy groups -OCH3 is 1. The van der Waals surface area contributed by atoms with E-state index in [0.717, 1.165) is 47.4 Å². The fraction of sp³-hybridized carbons (Fsp3) is 0.438. The maximum absolute atomic E-state index is 6.06. The van der Waals surface area contributed by atoms with Crippen molar-refractivity contribution in [3.63, 3.8) is 0 Å². The van der Waals surface area contributed by atoms with Crippen LogP contribution in [0.2, 0.25) is 5.02 Å². The van der Waals surface area contributed by atoms with Crippen molar-refractivity contribution >= 4 is 49.8 Å². The minimum absolute atomic E-state index is 0.473. The first-order valence-corrected chi connectivity index (χ1v) is 9.82. The Hall–Kier alpha value is -1.28. The minimum atomic E-state index is 0.473. The van der Waals surface area contributed by atoms with Crippen molar-refractivity contribution in [1.82, 2.24) is 14.3 Å². The summed E-state index contributed by atoms with van der Waals surface area (Å²) in [7, 11) is 1.66. The van der Waals surface area contributed by atoms with Gasteiger partial charge in [-0.25, -0.2) is 9.97 Å². The molecule has 0 N–H and O–H groups in total. The molecule has 4 rings (SSSR count). The molecule has 3 heterocycles. The van der Waals surface area contributed by atoms with E-state index in [-0.39, 0.29) is 0 Å². The van der Waals surface area contributed by atoms with Crippen LogP contribution in [0.1, 0.15) is 29.6 Å². The molecule has 0 atom stereocenters. The fourth-order valence-corrected chi connectivity index (χ4v) is 4.98. The van der Waals surface area contributed by atoms with Crippen molar-refractivity contribution < 1.29 is 4.74 Å². The van der Waals surface area contributed by atoms with Gasteiger partial charge in [0.15, 0.2) is 5.82 Å². The molecule has 1 aliphatic rings. The molecule has 1 saturated heterocycles. The topological polar surface area (TPSA) is 51.1 Å². The number of benzene rings is 1. The second-order valence-corrected chi connectivity index (χ2v) is 8.08. The molecule has 0 radical (unpaired) electrons. The maximum Gasteiger partial charge on any atom is 0.205 e. The summed E-state index contributed by atoms with van der Waals surface area (Å²) in [6, 6.07) is 5.94. The Bertz CT molecular complexity index is 842. The van der Waals surface area contributed by atoms with Crippen LogP contribution in [-0.4, -0.2) is 34.5 Å². The Morgan fingerprint density at radius 1 is 1.29 bits per heavy atom. The Kier molecular flexibility index (Phi) is 4.67. The Balaban J connectivity index is 1.44. The molecule has 1 aromatic carbocycles. The molecular weight excluding hydrogens is 364 g/mol. The number of halogens is 1. The first-order valence-electron chi connectivity index (χ1n) is 7.85. The number of aromatic nitrogens is 3. The van der Waals surface area contributed by atoms with Gasteiger partial charge < -0.3 is 9.64 Å². The summed E-state index contributed by atoms with van der Waals surface area (Å²) >= 11 is 9.31. The van der Waals surface area contributed by atoms with Crippen LogP contribution in [0.4, 0.5) is 5.13 Å². The van der Waals surface area contributed by atoms with Crippen LogP contribution in [0, 0.1) is 0 Å². The van der Waals surface area contributed by atoms with E-state index in [9.17, 15) is 0 Å². The first-order chi connectivity index (χ1) is 11.7. The van der Waals surface area contributed by atoms with Crippen molar-refractivity contribution in [2.45, 2.75) is 25.4 Å². The lowest BCUT2D eigenvalue weighted by Crippen LogP contribution is -2.32. The summed E-state index contributed by atoms with van der Waals surface area (Å²) in [6.45, 7) is 2.45. The Morgan fingerprint density at radius 3 is 2.92 bits per heavy atom. The molecule has 8 heteroatoms. The van der Waals surface area contributed by atoms with Gasteiger partial charge in [-0.1, -0.05) is 11.6 Å². The highest BCUT2D eigenvalue weighted by atomic mass is 35.5. The standard InChI is InChI=1S/C16H17ClN4OS2/c1-22-9-14-19-16(24-20-14)21-6-4-10(5-7-21)15-18-12-8-11(17)2-3-13(12)23-15/h2-3,8,10H,4-7,9H2,1H3. The molecular formula is C16H17ClN4OS2. The fourth-order valence-electron chi connectivity index (χ4n) is 2.97. The van der Waals surface area contributed by atoms with E-state index < -0.39 is 0 Å². The highest BCUT2D eigenvalue weighted by Crippen LogP contribution is 2.36. The highest BCUT2D eigenvalue weighted by molar-refractivity contribution is 7.18. The van der Waals surface area contributed by atoms with Gasteiger partial charge in [-0.05, 0) is 31.0 Å². The van der Waals surface area contributed by atoms with Crippen molar-refractivity contribution in [3.8, 4) is 0 Å². The second-order valence-electron chi connectivity index (χ2n) is 5.85. The lowest BCUT2D eigenvalue weighted by Gasteiger charge is -2.30. The molecule has 0 saturated carbocycles. The van der Waals surface area contributed by atoms with Crippen LogP contribution in [0.25, 0.3) is 10.2 Å². The molecule has 0 amide bonds. The zero-order valence-corrected chi connectivity index (χ0v) is 15.6. The van der Waals surface area contributed by atoms with Gasteiger partial charge in [0.1, 0.15) is 6.61 Å². The highest BCUT2D eigenvalue weighted by Gasteiger charge is 2.25. The van der Waals surface area contributed by atoms with E-state index in [1.54, 1.807) is 18.4 Å². The number of hydrogen-bond acceptors (Lipinski definition) is 7. The molecule has 0 bridgehead atoms. The molecule has 1 fully saturated rings. The van der Waals surface area contributed by atoms with Crippen LogP contribution < -0.4 is 4.90 Å². The summed E-state index contributed by atoms with van der Waals surface area (Å²) in [4.78, 5) is 11.7. The molecule has 3 aromatic rings. The summed E-state index contributed by atoms with van der Waals surface area (Å²) in [5.74, 6) is 1.28. The van der Waals surface area contributed by atoms with Gasteiger partial charge in [-0.3, -0.25) is 0 Å². The number of anilines is 1. The third kappa shape index (κ3) is 3.26. The first kappa shape index (κ1) is 16.2. The molecule has 24 heavy (non-hydrogen) atoms. The predicted molar refractivity (Wildman–Crippen MR) is 99.4 cm³/mol. The van der Waals surface area contributed by atoms with Gasteiger partial charge in [0, 0.05) is 42.7 Å². The number of fused-ring (bicyclic) bond motifs is 1. The summed E-state index contributed by atoms with van der Waals surface area (Å²) in [6.07, 6.45) is 2.18. The molecule has 2 aromatic heterocycles. The largest absolute Gasteiger partial charge is 0.377 e. The second kappa shape index (κ2) is 6.92. The summed E-state index contributed by atoms with van der Waals surface area (Å²) < 4.78 is 10.6. The lowest BCUT2D eigenvalue weighted by atomic mass is 9.98. The smallest absolute Gasteiger partial charge is 0.205 e. The van der Waals surface area contributed by atoms with Crippen LogP contribution >= 0.6 is 34.5 Å². The van der Waals surface area contributed by atoms with E-state index in [2.05, 4.69) is 20.3 Å². The number of thiazole rings is 1. The number of rotatable bonds is 4. The molecule has 0 aliphatic carbocycles. The quantitative estimate of drug-likeness (QED) is 0.674. The normalized spacial score (nSPS) is 16.2. The zero-order chi connectivity index (χ0) is 16.5. The van der Waals surface area contributed by atoms with E-state index >= 15 is 0 Å². The van der Waals surface area contributed by atoms with E-state index in [4.69, 9.17) is 21.3 Å². The van der Waals surface area contributed by atoms with Crippen molar-refractivity contribution in [1.29, 1.82) is 0 Å². The SMILES string of the molecule is COCc1nsc(N2CCC(c3nc4cc(Cl)ccc4s3)CC2)n1. The van der Waals surface area contributed by atoms with Gasteiger partial charge in [0.2, 0.25) is 5.13 Å². The van der Waals surface area contributed by atoms with Crippen molar-refractivity contribution in [3.05, 3.63) is 34.1 Å².